The van der Waals surface area contributed by atoms with Gasteiger partial charge in [0.05, 0.1) is 25.9 Å². The minimum Gasteiger partial charge on any atom is -0.497 e. The fourth-order valence-electron chi connectivity index (χ4n) is 2.85. The smallest absolute Gasteiger partial charge is 0.223 e. The van der Waals surface area contributed by atoms with E-state index >= 15 is 0 Å². The van der Waals surface area contributed by atoms with Gasteiger partial charge in [-0.15, -0.1) is 0 Å². The molecule has 22 heavy (non-hydrogen) atoms. The van der Waals surface area contributed by atoms with Gasteiger partial charge in [-0.2, -0.15) is 0 Å². The molecule has 4 heteroatoms. The minimum atomic E-state index is -0.175. The molecule has 0 spiro atoms. The van der Waals surface area contributed by atoms with Crippen LogP contribution < -0.4 is 4.74 Å². The van der Waals surface area contributed by atoms with Crippen molar-refractivity contribution in [2.24, 2.45) is 0 Å². The normalized spacial score (nSPS) is 17.3. The van der Waals surface area contributed by atoms with Crippen LogP contribution in [-0.2, 0) is 16.0 Å². The van der Waals surface area contributed by atoms with Gasteiger partial charge in [-0.1, -0.05) is 12.1 Å². The molecule has 0 aromatic heterocycles. The number of methoxy groups -OCH3 is 1. The maximum Gasteiger partial charge on any atom is 0.223 e. The summed E-state index contributed by atoms with van der Waals surface area (Å²) in [7, 11) is 1.67. The van der Waals surface area contributed by atoms with Gasteiger partial charge < -0.3 is 14.4 Å². The van der Waals surface area contributed by atoms with E-state index in [0.717, 1.165) is 25.0 Å². The highest BCUT2D eigenvalue weighted by atomic mass is 16.5. The third kappa shape index (κ3) is 4.47. The first kappa shape index (κ1) is 16.8. The first-order chi connectivity index (χ1) is 10.5. The predicted molar refractivity (Wildman–Crippen MR) is 87.2 cm³/mol. The van der Waals surface area contributed by atoms with Gasteiger partial charge >= 0.3 is 0 Å². The third-order valence-electron chi connectivity index (χ3n) is 4.21. The lowest BCUT2D eigenvalue weighted by molar-refractivity contribution is -0.146. The van der Waals surface area contributed by atoms with Crippen LogP contribution in [0.2, 0.25) is 0 Å². The highest BCUT2D eigenvalue weighted by Crippen LogP contribution is 2.21. The van der Waals surface area contributed by atoms with E-state index in [-0.39, 0.29) is 11.4 Å². The number of hydrogen-bond donors (Lipinski definition) is 0. The summed E-state index contributed by atoms with van der Waals surface area (Å²) in [6, 6.07) is 8.14. The molecule has 1 aromatic rings. The van der Waals surface area contributed by atoms with E-state index < -0.39 is 0 Å². The summed E-state index contributed by atoms with van der Waals surface area (Å²) < 4.78 is 10.6. The van der Waals surface area contributed by atoms with Crippen LogP contribution >= 0.6 is 0 Å². The highest BCUT2D eigenvalue weighted by Gasteiger charge is 2.33. The lowest BCUT2D eigenvalue weighted by Crippen LogP contribution is -2.55. The summed E-state index contributed by atoms with van der Waals surface area (Å²) in [6.45, 7) is 6.14. The van der Waals surface area contributed by atoms with E-state index in [1.165, 1.54) is 5.56 Å². The molecule has 4 nitrogen and oxygen atoms in total. The Morgan fingerprint density at radius 1 is 1.27 bits per heavy atom. The molecule has 0 saturated carbocycles. The van der Waals surface area contributed by atoms with Crippen LogP contribution in [0.3, 0.4) is 0 Å². The Morgan fingerprint density at radius 2 is 2.00 bits per heavy atom. The Morgan fingerprint density at radius 3 is 2.64 bits per heavy atom. The fourth-order valence-corrected chi connectivity index (χ4v) is 2.85. The molecule has 2 rings (SSSR count). The summed E-state index contributed by atoms with van der Waals surface area (Å²) in [6.07, 6.45) is 3.59. The van der Waals surface area contributed by atoms with Crippen LogP contribution in [0.15, 0.2) is 24.3 Å². The van der Waals surface area contributed by atoms with Crippen LogP contribution in [0.4, 0.5) is 0 Å². The van der Waals surface area contributed by atoms with E-state index in [1.54, 1.807) is 7.11 Å². The van der Waals surface area contributed by atoms with Crippen molar-refractivity contribution in [2.45, 2.75) is 45.1 Å². The highest BCUT2D eigenvalue weighted by molar-refractivity contribution is 5.77. The van der Waals surface area contributed by atoms with Gasteiger partial charge in [0.15, 0.2) is 0 Å². The number of ether oxygens (including phenoxy) is 2. The summed E-state index contributed by atoms with van der Waals surface area (Å²) in [5.74, 6) is 1.14. The Hall–Kier alpha value is -1.55. The van der Waals surface area contributed by atoms with E-state index in [9.17, 15) is 4.79 Å². The summed E-state index contributed by atoms with van der Waals surface area (Å²) in [5, 5.41) is 0. The molecule has 1 aliphatic rings. The van der Waals surface area contributed by atoms with Crippen molar-refractivity contribution in [3.8, 4) is 5.75 Å². The molecular weight excluding hydrogens is 278 g/mol. The maximum absolute atomic E-state index is 12.4. The van der Waals surface area contributed by atoms with Crippen molar-refractivity contribution in [1.29, 1.82) is 0 Å². The van der Waals surface area contributed by atoms with Crippen molar-refractivity contribution in [2.75, 3.05) is 26.9 Å². The number of amides is 1. The van der Waals surface area contributed by atoms with E-state index in [1.807, 2.05) is 17.0 Å². The number of rotatable bonds is 6. The molecule has 1 aromatic carbocycles. The second kappa shape index (κ2) is 7.63. The Bertz CT molecular complexity index is 482. The standard InChI is InChI=1S/C18H27NO3/c1-18(2)14-22-13-12-19(18)17(20)7-5-4-6-15-8-10-16(21-3)11-9-15/h8-11H,4-7,12-14H2,1-3H3. The zero-order valence-electron chi connectivity index (χ0n) is 13.9. The fraction of sp³-hybridized carbons (Fsp3) is 0.611. The number of morpholine rings is 1. The molecule has 1 fully saturated rings. The van der Waals surface area contributed by atoms with Crippen molar-refractivity contribution in [1.82, 2.24) is 4.90 Å². The maximum atomic E-state index is 12.4. The number of nitrogens with zero attached hydrogens (tertiary/aromatic N) is 1. The molecule has 1 saturated heterocycles. The van der Waals surface area contributed by atoms with E-state index in [2.05, 4.69) is 26.0 Å². The zero-order valence-corrected chi connectivity index (χ0v) is 13.9. The van der Waals surface area contributed by atoms with Gasteiger partial charge in [0.1, 0.15) is 5.75 Å². The summed E-state index contributed by atoms with van der Waals surface area (Å²) in [4.78, 5) is 14.3. The molecule has 0 radical (unpaired) electrons. The largest absolute Gasteiger partial charge is 0.497 e. The monoisotopic (exact) mass is 305 g/mol. The lowest BCUT2D eigenvalue weighted by Gasteiger charge is -2.42. The molecule has 1 amide bonds. The van der Waals surface area contributed by atoms with Crippen LogP contribution in [0.25, 0.3) is 0 Å². The van der Waals surface area contributed by atoms with E-state index in [0.29, 0.717) is 26.2 Å². The minimum absolute atomic E-state index is 0.175. The number of hydrogen-bond acceptors (Lipinski definition) is 3. The van der Waals surface area contributed by atoms with Crippen LogP contribution in [-0.4, -0.2) is 43.2 Å². The average Bonchev–Trinajstić information content (AvgIpc) is 2.51. The van der Waals surface area contributed by atoms with Gasteiger partial charge in [-0.05, 0) is 50.8 Å². The Balaban J connectivity index is 1.72. The van der Waals surface area contributed by atoms with Gasteiger partial charge in [0.2, 0.25) is 5.91 Å². The van der Waals surface area contributed by atoms with Crippen molar-refractivity contribution < 1.29 is 14.3 Å². The van der Waals surface area contributed by atoms with Crippen molar-refractivity contribution in [3.63, 3.8) is 0 Å². The van der Waals surface area contributed by atoms with Crippen LogP contribution in [0, 0.1) is 0 Å². The van der Waals surface area contributed by atoms with Crippen LogP contribution in [0.5, 0.6) is 5.75 Å². The van der Waals surface area contributed by atoms with Crippen LogP contribution in [0.1, 0.15) is 38.7 Å². The average molecular weight is 305 g/mol. The third-order valence-corrected chi connectivity index (χ3v) is 4.21. The molecule has 1 aliphatic heterocycles. The first-order valence-electron chi connectivity index (χ1n) is 8.04. The Kier molecular flexibility index (Phi) is 5.83. The number of benzene rings is 1. The quantitative estimate of drug-likeness (QED) is 0.758. The van der Waals surface area contributed by atoms with Gasteiger partial charge in [-0.3, -0.25) is 4.79 Å². The Labute approximate surface area is 133 Å². The SMILES string of the molecule is COc1ccc(CCCCC(=O)N2CCOCC2(C)C)cc1. The first-order valence-corrected chi connectivity index (χ1v) is 8.04. The number of unbranched alkanes of at least 4 members (excludes halogenated alkanes) is 1. The summed E-state index contributed by atoms with van der Waals surface area (Å²) in [5.41, 5.74) is 1.12. The topological polar surface area (TPSA) is 38.8 Å². The van der Waals surface area contributed by atoms with Crippen molar-refractivity contribution in [3.05, 3.63) is 29.8 Å². The van der Waals surface area contributed by atoms with Gasteiger partial charge in [-0.25, -0.2) is 0 Å². The summed E-state index contributed by atoms with van der Waals surface area (Å²) >= 11 is 0. The molecular formula is C18H27NO3. The van der Waals surface area contributed by atoms with Gasteiger partial charge in [0, 0.05) is 13.0 Å². The molecule has 0 N–H and O–H groups in total. The number of aryl methyl sites for hydroxylation is 1. The predicted octanol–water partition coefficient (Wildman–Crippen LogP) is 3.05. The second-order valence-corrected chi connectivity index (χ2v) is 6.47. The molecule has 0 bridgehead atoms. The van der Waals surface area contributed by atoms with Crippen molar-refractivity contribution >= 4 is 5.91 Å². The number of carbonyl (C=O) groups excluding carboxylic acids is 1. The zero-order chi connectivity index (χ0) is 16.0. The molecule has 1 heterocycles. The molecule has 122 valence electrons. The second-order valence-electron chi connectivity index (χ2n) is 6.47. The lowest BCUT2D eigenvalue weighted by atomic mass is 10.0. The van der Waals surface area contributed by atoms with E-state index in [4.69, 9.17) is 9.47 Å². The van der Waals surface area contributed by atoms with Gasteiger partial charge in [0.25, 0.3) is 0 Å². The molecule has 0 aliphatic carbocycles. The number of carbonyl (C=O) groups is 1. The molecule has 0 unspecified atom stereocenters. The molecule has 0 atom stereocenters.